The number of ether oxygens (including phenoxy) is 2. The van der Waals surface area contributed by atoms with E-state index in [1.807, 2.05) is 18.2 Å². The molecule has 0 radical (unpaired) electrons. The molecule has 0 aliphatic heterocycles. The molecule has 1 N–H and O–H groups in total. The van der Waals surface area contributed by atoms with Crippen LogP contribution in [0.4, 0.5) is 18.9 Å². The minimum absolute atomic E-state index is 0.241. The smallest absolute Gasteiger partial charge is 0.416 e. The predicted molar refractivity (Wildman–Crippen MR) is 129 cm³/mol. The number of hydrogen-bond donors (Lipinski definition) is 1. The lowest BCUT2D eigenvalue weighted by Gasteiger charge is -2.13. The zero-order valence-corrected chi connectivity index (χ0v) is 19.3. The van der Waals surface area contributed by atoms with Crippen molar-refractivity contribution in [1.29, 1.82) is 0 Å². The van der Waals surface area contributed by atoms with E-state index in [2.05, 4.69) is 15.3 Å². The van der Waals surface area contributed by atoms with E-state index < -0.39 is 17.6 Å². The summed E-state index contributed by atoms with van der Waals surface area (Å²) < 4.78 is 49.7. The largest absolute Gasteiger partial charge is 0.497 e. The molecule has 0 unspecified atom stereocenters. The Morgan fingerprint density at radius 2 is 1.78 bits per heavy atom. The Morgan fingerprint density at radius 3 is 2.42 bits per heavy atom. The van der Waals surface area contributed by atoms with Gasteiger partial charge in [-0.1, -0.05) is 18.2 Å². The van der Waals surface area contributed by atoms with Crippen LogP contribution in [0.15, 0.2) is 85.2 Å². The highest BCUT2D eigenvalue weighted by molar-refractivity contribution is 6.09. The SMILES string of the molecule is COc1ccc(-c2ccc(C(F)(F)F)cc2)c(C(=O)Nc2ccc(OCCc3ccccn3)nc2)c1. The highest BCUT2D eigenvalue weighted by Crippen LogP contribution is 2.33. The molecule has 0 aliphatic rings. The number of anilines is 1. The number of carbonyl (C=O) groups excluding carboxylic acids is 1. The minimum atomic E-state index is -4.44. The molecule has 0 saturated heterocycles. The number of methoxy groups -OCH3 is 1. The molecule has 36 heavy (non-hydrogen) atoms. The van der Waals surface area contributed by atoms with Crippen molar-refractivity contribution in [2.24, 2.45) is 0 Å². The molecule has 2 aromatic carbocycles. The van der Waals surface area contributed by atoms with Crippen LogP contribution in [0.5, 0.6) is 11.6 Å². The van der Waals surface area contributed by atoms with E-state index in [1.54, 1.807) is 30.5 Å². The molecule has 0 aliphatic carbocycles. The molecule has 0 fully saturated rings. The molecule has 1 amide bonds. The maximum Gasteiger partial charge on any atom is 0.416 e. The molecule has 6 nitrogen and oxygen atoms in total. The molecule has 4 rings (SSSR count). The Kier molecular flexibility index (Phi) is 7.48. The second-order valence-corrected chi connectivity index (χ2v) is 7.75. The molecule has 2 aromatic heterocycles. The first-order chi connectivity index (χ1) is 17.3. The van der Waals surface area contributed by atoms with Gasteiger partial charge in [0.15, 0.2) is 0 Å². The second-order valence-electron chi connectivity index (χ2n) is 7.75. The van der Waals surface area contributed by atoms with E-state index in [0.717, 1.165) is 17.8 Å². The van der Waals surface area contributed by atoms with Crippen LogP contribution < -0.4 is 14.8 Å². The van der Waals surface area contributed by atoms with E-state index in [-0.39, 0.29) is 5.56 Å². The third-order valence-electron chi connectivity index (χ3n) is 5.32. The highest BCUT2D eigenvalue weighted by atomic mass is 19.4. The first-order valence-electron chi connectivity index (χ1n) is 11.0. The molecule has 0 atom stereocenters. The fourth-order valence-corrected chi connectivity index (χ4v) is 3.47. The average molecular weight is 493 g/mol. The van der Waals surface area contributed by atoms with Crippen molar-refractivity contribution in [1.82, 2.24) is 9.97 Å². The van der Waals surface area contributed by atoms with E-state index in [1.165, 1.54) is 31.5 Å². The molecular formula is C27H22F3N3O3. The van der Waals surface area contributed by atoms with Crippen molar-refractivity contribution in [2.75, 3.05) is 19.0 Å². The first kappa shape index (κ1) is 24.7. The van der Waals surface area contributed by atoms with Crippen LogP contribution in [0.3, 0.4) is 0 Å². The monoisotopic (exact) mass is 493 g/mol. The van der Waals surface area contributed by atoms with Crippen LogP contribution in [0, 0.1) is 0 Å². The van der Waals surface area contributed by atoms with Crippen LogP contribution in [0.25, 0.3) is 11.1 Å². The number of benzene rings is 2. The van der Waals surface area contributed by atoms with Crippen molar-refractivity contribution < 1.29 is 27.4 Å². The van der Waals surface area contributed by atoms with E-state index in [4.69, 9.17) is 9.47 Å². The van der Waals surface area contributed by atoms with E-state index in [9.17, 15) is 18.0 Å². The number of carbonyl (C=O) groups is 1. The van der Waals surface area contributed by atoms with Gasteiger partial charge in [0, 0.05) is 24.4 Å². The van der Waals surface area contributed by atoms with Crippen molar-refractivity contribution in [2.45, 2.75) is 12.6 Å². The summed E-state index contributed by atoms with van der Waals surface area (Å²) in [7, 11) is 1.46. The van der Waals surface area contributed by atoms with E-state index in [0.29, 0.717) is 41.5 Å². The third-order valence-corrected chi connectivity index (χ3v) is 5.32. The summed E-state index contributed by atoms with van der Waals surface area (Å²) in [5, 5.41) is 2.76. The normalized spacial score (nSPS) is 11.1. The summed E-state index contributed by atoms with van der Waals surface area (Å²) in [4.78, 5) is 21.6. The highest BCUT2D eigenvalue weighted by Gasteiger charge is 2.30. The molecule has 0 saturated carbocycles. The standard InChI is InChI=1S/C27H22F3N3O3/c1-35-22-10-11-23(18-5-7-19(8-6-18)27(28,29)30)24(16-22)26(34)33-21-9-12-25(32-17-21)36-15-13-20-4-2-3-14-31-20/h2-12,14,16-17H,13,15H2,1H3,(H,33,34). The number of hydrogen-bond acceptors (Lipinski definition) is 5. The number of halogens is 3. The number of alkyl halides is 3. The summed E-state index contributed by atoms with van der Waals surface area (Å²) in [6.07, 6.45) is -0.633. The Balaban J connectivity index is 1.47. The number of amides is 1. The molecule has 184 valence electrons. The molecule has 2 heterocycles. The van der Waals surface area contributed by atoms with Crippen LogP contribution in [0.2, 0.25) is 0 Å². The Morgan fingerprint density at radius 1 is 0.972 bits per heavy atom. The van der Waals surface area contributed by atoms with Crippen LogP contribution in [0.1, 0.15) is 21.6 Å². The van der Waals surface area contributed by atoms with Crippen LogP contribution in [-0.4, -0.2) is 29.6 Å². The topological polar surface area (TPSA) is 73.3 Å². The van der Waals surface area contributed by atoms with Gasteiger partial charge in [0.1, 0.15) is 5.75 Å². The van der Waals surface area contributed by atoms with Crippen molar-refractivity contribution in [3.05, 3.63) is 102 Å². The number of aromatic nitrogens is 2. The zero-order valence-electron chi connectivity index (χ0n) is 19.3. The van der Waals surface area contributed by atoms with Gasteiger partial charge in [0.2, 0.25) is 5.88 Å². The Hall–Kier alpha value is -4.40. The maximum atomic E-state index is 13.1. The van der Waals surface area contributed by atoms with Gasteiger partial charge in [-0.15, -0.1) is 0 Å². The van der Waals surface area contributed by atoms with Crippen molar-refractivity contribution in [3.63, 3.8) is 0 Å². The van der Waals surface area contributed by atoms with Gasteiger partial charge in [0.25, 0.3) is 5.91 Å². The maximum absolute atomic E-state index is 13.1. The summed E-state index contributed by atoms with van der Waals surface area (Å²) in [5.41, 5.74) is 1.74. The predicted octanol–water partition coefficient (Wildman–Crippen LogP) is 6.04. The quantitative estimate of drug-likeness (QED) is 0.324. The summed E-state index contributed by atoms with van der Waals surface area (Å²) in [5.74, 6) is 0.371. The van der Waals surface area contributed by atoms with Crippen LogP contribution in [-0.2, 0) is 12.6 Å². The van der Waals surface area contributed by atoms with Gasteiger partial charge in [-0.25, -0.2) is 4.98 Å². The first-order valence-corrected chi connectivity index (χ1v) is 11.0. The van der Waals surface area contributed by atoms with Gasteiger partial charge in [-0.05, 0) is 59.7 Å². The summed E-state index contributed by atoms with van der Waals surface area (Å²) in [6, 6.07) is 18.4. The number of nitrogens with one attached hydrogen (secondary N) is 1. The summed E-state index contributed by atoms with van der Waals surface area (Å²) in [6.45, 7) is 0.399. The number of nitrogens with zero attached hydrogens (tertiary/aromatic N) is 2. The van der Waals surface area contributed by atoms with Crippen molar-refractivity contribution in [3.8, 4) is 22.8 Å². The molecule has 0 bridgehead atoms. The molecule has 9 heteroatoms. The minimum Gasteiger partial charge on any atom is -0.497 e. The van der Waals surface area contributed by atoms with E-state index >= 15 is 0 Å². The van der Waals surface area contributed by atoms with Gasteiger partial charge in [-0.3, -0.25) is 9.78 Å². The summed E-state index contributed by atoms with van der Waals surface area (Å²) >= 11 is 0. The molecule has 4 aromatic rings. The van der Waals surface area contributed by atoms with Gasteiger partial charge in [-0.2, -0.15) is 13.2 Å². The Bertz CT molecular complexity index is 1310. The van der Waals surface area contributed by atoms with Gasteiger partial charge in [0.05, 0.1) is 36.7 Å². The second kappa shape index (κ2) is 10.9. The van der Waals surface area contributed by atoms with Crippen LogP contribution >= 0.6 is 0 Å². The fraction of sp³-hybridized carbons (Fsp3) is 0.148. The molecule has 0 spiro atoms. The van der Waals surface area contributed by atoms with Gasteiger partial charge < -0.3 is 14.8 Å². The lowest BCUT2D eigenvalue weighted by molar-refractivity contribution is -0.137. The van der Waals surface area contributed by atoms with Crippen molar-refractivity contribution >= 4 is 11.6 Å². The lowest BCUT2D eigenvalue weighted by Crippen LogP contribution is -2.14. The average Bonchev–Trinajstić information content (AvgIpc) is 2.89. The number of rotatable bonds is 8. The Labute approximate surface area is 205 Å². The van der Waals surface area contributed by atoms with Gasteiger partial charge >= 0.3 is 6.18 Å². The lowest BCUT2D eigenvalue weighted by atomic mass is 9.97. The molecular weight excluding hydrogens is 471 g/mol. The third kappa shape index (κ3) is 6.18. The zero-order chi connectivity index (χ0) is 25.5. The number of pyridine rings is 2. The fourth-order valence-electron chi connectivity index (χ4n) is 3.47.